The molecule has 1 atom stereocenters. The van der Waals surface area contributed by atoms with Gasteiger partial charge in [-0.3, -0.25) is 9.59 Å². The van der Waals surface area contributed by atoms with Crippen molar-refractivity contribution in [1.82, 2.24) is 5.32 Å². The van der Waals surface area contributed by atoms with Crippen LogP contribution in [0, 0.1) is 27.7 Å². The maximum atomic E-state index is 13.4. The van der Waals surface area contributed by atoms with E-state index in [0.29, 0.717) is 12.8 Å². The smallest absolute Gasteiger partial charge is 0.235 e. The molecular formula is C22H29NO3. The number of nitrogens with one attached hydrogen (secondary N) is 1. The zero-order chi connectivity index (χ0) is 19.1. The molecule has 1 aliphatic carbocycles. The van der Waals surface area contributed by atoms with Gasteiger partial charge in [0.15, 0.2) is 5.78 Å². The number of carbonyl (C=O) groups excluding carboxylic acids is 2. The highest BCUT2D eigenvalue weighted by Gasteiger charge is 2.54. The van der Waals surface area contributed by atoms with Crippen LogP contribution < -0.4 is 5.32 Å². The fourth-order valence-electron chi connectivity index (χ4n) is 4.56. The Kier molecular flexibility index (Phi) is 4.96. The fourth-order valence-corrected chi connectivity index (χ4v) is 4.56. The average molecular weight is 355 g/mol. The van der Waals surface area contributed by atoms with E-state index in [1.54, 1.807) is 6.26 Å². The van der Waals surface area contributed by atoms with Gasteiger partial charge in [0.2, 0.25) is 5.91 Å². The van der Waals surface area contributed by atoms with E-state index in [4.69, 9.17) is 4.74 Å². The number of hydrogen-bond acceptors (Lipinski definition) is 3. The molecule has 4 heteroatoms. The van der Waals surface area contributed by atoms with Crippen molar-refractivity contribution < 1.29 is 14.3 Å². The highest BCUT2D eigenvalue weighted by molar-refractivity contribution is 6.17. The molecule has 1 unspecified atom stereocenters. The summed E-state index contributed by atoms with van der Waals surface area (Å²) >= 11 is 0. The minimum absolute atomic E-state index is 0.0430. The van der Waals surface area contributed by atoms with E-state index >= 15 is 0 Å². The van der Waals surface area contributed by atoms with Crippen molar-refractivity contribution in [2.75, 3.05) is 0 Å². The van der Waals surface area contributed by atoms with E-state index in [1.165, 1.54) is 5.56 Å². The molecule has 1 aromatic carbocycles. The molecule has 2 aliphatic rings. The summed E-state index contributed by atoms with van der Waals surface area (Å²) in [5.74, 6) is -0.777. The second-order valence-electron chi connectivity index (χ2n) is 7.85. The number of Topliss-reactive ketones (excluding diaryl/α,β-unsaturated/α-hetero) is 1. The Balaban J connectivity index is 1.89. The minimum Gasteiger partial charge on any atom is -0.498 e. The Morgan fingerprint density at radius 1 is 1.08 bits per heavy atom. The fraction of sp³-hybridized carbons (Fsp3) is 0.545. The van der Waals surface area contributed by atoms with Gasteiger partial charge in [-0.25, -0.2) is 0 Å². The number of hydrogen-bond donors (Lipinski definition) is 1. The van der Waals surface area contributed by atoms with Crippen LogP contribution in [-0.2, 0) is 14.3 Å². The predicted octanol–water partition coefficient (Wildman–Crippen LogP) is 3.93. The average Bonchev–Trinajstić information content (AvgIpc) is 2.84. The third-order valence-corrected chi connectivity index (χ3v) is 6.26. The first-order valence-electron chi connectivity index (χ1n) is 9.51. The largest absolute Gasteiger partial charge is 0.498 e. The van der Waals surface area contributed by atoms with Gasteiger partial charge in [-0.05, 0) is 88.1 Å². The Bertz CT molecular complexity index is 770. The van der Waals surface area contributed by atoms with Gasteiger partial charge in [0.05, 0.1) is 17.9 Å². The van der Waals surface area contributed by atoms with Gasteiger partial charge in [0.25, 0.3) is 0 Å². The topological polar surface area (TPSA) is 55.4 Å². The number of rotatable bonds is 3. The molecule has 1 aliphatic heterocycles. The minimum atomic E-state index is -0.713. The summed E-state index contributed by atoms with van der Waals surface area (Å²) in [6.07, 6.45) is 6.59. The van der Waals surface area contributed by atoms with Gasteiger partial charge in [-0.15, -0.1) is 0 Å². The molecule has 1 amide bonds. The molecule has 1 saturated heterocycles. The molecule has 140 valence electrons. The zero-order valence-corrected chi connectivity index (χ0v) is 16.4. The standard InChI is InChI=1S/C22H29NO3/c1-6-11-26-17-7-9-22(10-8-17)20(24)19(21(25)23-22)18-14(3)12-13(2)15(4)16(18)5/h6,11-12,17,19H,7-10H2,1-5H3,(H,23,25)/b11-6+. The quantitative estimate of drug-likeness (QED) is 0.660. The highest BCUT2D eigenvalue weighted by Crippen LogP contribution is 2.42. The normalized spacial score (nSPS) is 28.8. The van der Waals surface area contributed by atoms with Gasteiger partial charge in [-0.1, -0.05) is 12.1 Å². The molecule has 26 heavy (non-hydrogen) atoms. The van der Waals surface area contributed by atoms with Crippen molar-refractivity contribution in [3.63, 3.8) is 0 Å². The highest BCUT2D eigenvalue weighted by atomic mass is 16.5. The lowest BCUT2D eigenvalue weighted by Crippen LogP contribution is -2.50. The van der Waals surface area contributed by atoms with Crippen LogP contribution in [0.4, 0.5) is 0 Å². The van der Waals surface area contributed by atoms with Crippen LogP contribution in [-0.4, -0.2) is 23.3 Å². The lowest BCUT2D eigenvalue weighted by atomic mass is 9.74. The summed E-state index contributed by atoms with van der Waals surface area (Å²) in [5.41, 5.74) is 4.65. The third kappa shape index (κ3) is 2.95. The molecule has 1 spiro atoms. The Hall–Kier alpha value is -2.10. The van der Waals surface area contributed by atoms with E-state index in [2.05, 4.69) is 25.2 Å². The summed E-state index contributed by atoms with van der Waals surface area (Å²) in [6, 6.07) is 2.09. The summed E-state index contributed by atoms with van der Waals surface area (Å²) < 4.78 is 5.67. The molecule has 0 bridgehead atoms. The third-order valence-electron chi connectivity index (χ3n) is 6.26. The molecule has 1 N–H and O–H groups in total. The maximum absolute atomic E-state index is 13.4. The van der Waals surface area contributed by atoms with Gasteiger partial charge < -0.3 is 10.1 Å². The van der Waals surface area contributed by atoms with Crippen molar-refractivity contribution in [2.24, 2.45) is 0 Å². The van der Waals surface area contributed by atoms with E-state index in [-0.39, 0.29) is 17.8 Å². The first-order valence-corrected chi connectivity index (χ1v) is 9.51. The lowest BCUT2D eigenvalue weighted by molar-refractivity contribution is -0.126. The van der Waals surface area contributed by atoms with E-state index < -0.39 is 11.5 Å². The van der Waals surface area contributed by atoms with E-state index in [9.17, 15) is 9.59 Å². The number of benzene rings is 1. The molecule has 3 rings (SSSR count). The number of ether oxygens (including phenoxy) is 1. The Morgan fingerprint density at radius 2 is 1.73 bits per heavy atom. The van der Waals surface area contributed by atoms with Crippen molar-refractivity contribution in [2.45, 2.75) is 77.9 Å². The van der Waals surface area contributed by atoms with Crippen LogP contribution >= 0.6 is 0 Å². The number of aryl methyl sites for hydroxylation is 2. The Labute approximate surface area is 156 Å². The van der Waals surface area contributed by atoms with Crippen molar-refractivity contribution >= 4 is 11.7 Å². The summed E-state index contributed by atoms with van der Waals surface area (Å²) in [5, 5.41) is 3.07. The second kappa shape index (κ2) is 6.90. The second-order valence-corrected chi connectivity index (χ2v) is 7.85. The molecule has 2 fully saturated rings. The van der Waals surface area contributed by atoms with E-state index in [1.807, 2.05) is 26.8 Å². The number of ketones is 1. The molecule has 1 aromatic rings. The summed E-state index contributed by atoms with van der Waals surface area (Å²) in [7, 11) is 0. The maximum Gasteiger partial charge on any atom is 0.235 e. The monoisotopic (exact) mass is 355 g/mol. The molecule has 4 nitrogen and oxygen atoms in total. The van der Waals surface area contributed by atoms with Gasteiger partial charge in [-0.2, -0.15) is 0 Å². The molecular weight excluding hydrogens is 326 g/mol. The number of amides is 1. The number of allylic oxidation sites excluding steroid dienone is 1. The first-order chi connectivity index (χ1) is 12.3. The summed E-state index contributed by atoms with van der Waals surface area (Å²) in [6.45, 7) is 10.1. The SMILES string of the molecule is C/C=C/OC1CCC2(CC1)NC(=O)C(c1c(C)cc(C)c(C)c1C)C2=O. The van der Waals surface area contributed by atoms with Crippen LogP contribution in [0.15, 0.2) is 18.4 Å². The van der Waals surface area contributed by atoms with Gasteiger partial charge in [0.1, 0.15) is 5.92 Å². The lowest BCUT2D eigenvalue weighted by Gasteiger charge is -2.35. The van der Waals surface area contributed by atoms with Gasteiger partial charge in [0, 0.05) is 0 Å². The molecule has 1 heterocycles. The first kappa shape index (κ1) is 18.7. The Morgan fingerprint density at radius 3 is 2.35 bits per heavy atom. The van der Waals surface area contributed by atoms with Crippen molar-refractivity contribution in [1.29, 1.82) is 0 Å². The van der Waals surface area contributed by atoms with Crippen molar-refractivity contribution in [3.05, 3.63) is 46.2 Å². The molecule has 0 aromatic heterocycles. The van der Waals surface area contributed by atoms with Crippen LogP contribution in [0.5, 0.6) is 0 Å². The summed E-state index contributed by atoms with van der Waals surface area (Å²) in [4.78, 5) is 26.2. The van der Waals surface area contributed by atoms with Crippen LogP contribution in [0.2, 0.25) is 0 Å². The van der Waals surface area contributed by atoms with Crippen LogP contribution in [0.1, 0.15) is 66.3 Å². The predicted molar refractivity (Wildman–Crippen MR) is 102 cm³/mol. The zero-order valence-electron chi connectivity index (χ0n) is 16.4. The van der Waals surface area contributed by atoms with Crippen LogP contribution in [0.25, 0.3) is 0 Å². The number of carbonyl (C=O) groups is 2. The van der Waals surface area contributed by atoms with Crippen LogP contribution in [0.3, 0.4) is 0 Å². The van der Waals surface area contributed by atoms with Crippen molar-refractivity contribution in [3.8, 4) is 0 Å². The molecule has 1 saturated carbocycles. The van der Waals surface area contributed by atoms with Gasteiger partial charge >= 0.3 is 0 Å². The van der Waals surface area contributed by atoms with E-state index in [0.717, 1.165) is 35.1 Å². The molecule has 0 radical (unpaired) electrons.